The zero-order chi connectivity index (χ0) is 13.8. The van der Waals surface area contributed by atoms with Gasteiger partial charge in [-0.2, -0.15) is 0 Å². The van der Waals surface area contributed by atoms with Gasteiger partial charge in [0.25, 0.3) is 5.92 Å². The van der Waals surface area contributed by atoms with E-state index in [2.05, 4.69) is 0 Å². The molecule has 0 aliphatic heterocycles. The van der Waals surface area contributed by atoms with Crippen molar-refractivity contribution in [1.29, 1.82) is 0 Å². The molecule has 4 heteroatoms. The molecular weight excluding hydrogens is 238 g/mol. The Morgan fingerprint density at radius 2 is 1.67 bits per heavy atom. The van der Waals surface area contributed by atoms with Gasteiger partial charge in [0.15, 0.2) is 0 Å². The summed E-state index contributed by atoms with van der Waals surface area (Å²) >= 11 is 0. The van der Waals surface area contributed by atoms with Gasteiger partial charge in [0, 0.05) is 0 Å². The van der Waals surface area contributed by atoms with Crippen molar-refractivity contribution in [3.63, 3.8) is 0 Å². The minimum absolute atomic E-state index is 0.0848. The Morgan fingerprint density at radius 3 is 2.17 bits per heavy atom. The molecule has 2 atom stereocenters. The third-order valence-electron chi connectivity index (χ3n) is 4.04. The lowest BCUT2D eigenvalue weighted by Gasteiger charge is -2.31. The Labute approximate surface area is 108 Å². The zero-order valence-corrected chi connectivity index (χ0v) is 11.4. The highest BCUT2D eigenvalue weighted by Crippen LogP contribution is 2.33. The van der Waals surface area contributed by atoms with Gasteiger partial charge in [-0.25, -0.2) is 8.78 Å². The molecule has 1 aliphatic carbocycles. The van der Waals surface area contributed by atoms with Gasteiger partial charge in [0.2, 0.25) is 0 Å². The first-order chi connectivity index (χ1) is 8.35. The third-order valence-corrected chi connectivity index (χ3v) is 4.04. The molecular formula is C14H26F2O2. The van der Waals surface area contributed by atoms with Crippen molar-refractivity contribution in [2.45, 2.75) is 76.9 Å². The summed E-state index contributed by atoms with van der Waals surface area (Å²) < 4.78 is 27.4. The largest absolute Gasteiger partial charge is 0.387 e. The molecule has 1 aliphatic rings. The number of halogens is 2. The van der Waals surface area contributed by atoms with Gasteiger partial charge < -0.3 is 10.2 Å². The van der Waals surface area contributed by atoms with Crippen LogP contribution >= 0.6 is 0 Å². The number of hydrogen-bond acceptors (Lipinski definition) is 2. The van der Waals surface area contributed by atoms with Crippen LogP contribution in [0.5, 0.6) is 0 Å². The molecule has 0 radical (unpaired) electrons. The maximum absolute atomic E-state index is 13.7. The van der Waals surface area contributed by atoms with E-state index in [4.69, 9.17) is 0 Å². The fraction of sp³-hybridized carbons (Fsp3) is 1.00. The molecule has 0 spiro atoms. The van der Waals surface area contributed by atoms with E-state index in [1.807, 2.05) is 0 Å². The van der Waals surface area contributed by atoms with Gasteiger partial charge in [-0.05, 0) is 24.7 Å². The highest BCUT2D eigenvalue weighted by atomic mass is 19.3. The highest BCUT2D eigenvalue weighted by Gasteiger charge is 2.46. The first kappa shape index (κ1) is 15.8. The van der Waals surface area contributed by atoms with Crippen LogP contribution in [-0.4, -0.2) is 28.3 Å². The van der Waals surface area contributed by atoms with Crippen LogP contribution in [-0.2, 0) is 0 Å². The predicted molar refractivity (Wildman–Crippen MR) is 67.6 cm³/mol. The molecule has 1 saturated carbocycles. The molecule has 1 fully saturated rings. The lowest BCUT2D eigenvalue weighted by Crippen LogP contribution is -2.47. The molecule has 2 nitrogen and oxygen atoms in total. The van der Waals surface area contributed by atoms with Crippen molar-refractivity contribution < 1.29 is 19.0 Å². The van der Waals surface area contributed by atoms with Crippen LogP contribution in [0, 0.1) is 11.8 Å². The van der Waals surface area contributed by atoms with Gasteiger partial charge in [-0.15, -0.1) is 0 Å². The molecule has 0 heterocycles. The standard InChI is InChI=1S/C14H26F2O2/c1-10(2)13(18)14(15,16)12(17)9-8-11-6-4-3-5-7-11/h10-13,17-18H,3-9H2,1-2H3/t12-,13-/m1/s1. The quantitative estimate of drug-likeness (QED) is 0.772. The Hall–Kier alpha value is -0.220. The van der Waals surface area contributed by atoms with E-state index in [1.54, 1.807) is 0 Å². The van der Waals surface area contributed by atoms with Gasteiger partial charge >= 0.3 is 0 Å². The molecule has 0 aromatic rings. The van der Waals surface area contributed by atoms with Crippen molar-refractivity contribution >= 4 is 0 Å². The summed E-state index contributed by atoms with van der Waals surface area (Å²) in [5, 5.41) is 19.1. The second-order valence-electron chi connectivity index (χ2n) is 5.96. The number of rotatable bonds is 6. The summed E-state index contributed by atoms with van der Waals surface area (Å²) in [5.41, 5.74) is 0. The first-order valence-corrected chi connectivity index (χ1v) is 7.09. The smallest absolute Gasteiger partial charge is 0.298 e. The molecule has 0 aromatic carbocycles. The van der Waals surface area contributed by atoms with Crippen molar-refractivity contribution in [2.24, 2.45) is 11.8 Å². The molecule has 0 amide bonds. The summed E-state index contributed by atoms with van der Waals surface area (Å²) in [5.74, 6) is -3.48. The van der Waals surface area contributed by atoms with Crippen LogP contribution in [0.25, 0.3) is 0 Å². The number of aliphatic hydroxyl groups excluding tert-OH is 2. The summed E-state index contributed by atoms with van der Waals surface area (Å²) in [6, 6.07) is 0. The zero-order valence-electron chi connectivity index (χ0n) is 11.4. The number of hydrogen-bond donors (Lipinski definition) is 2. The van der Waals surface area contributed by atoms with E-state index in [0.717, 1.165) is 12.8 Å². The van der Waals surface area contributed by atoms with E-state index in [-0.39, 0.29) is 6.42 Å². The number of alkyl halides is 2. The average Bonchev–Trinajstić information content (AvgIpc) is 2.35. The topological polar surface area (TPSA) is 40.5 Å². The van der Waals surface area contributed by atoms with Crippen molar-refractivity contribution in [1.82, 2.24) is 0 Å². The second kappa shape index (κ2) is 6.80. The fourth-order valence-electron chi connectivity index (χ4n) is 2.70. The van der Waals surface area contributed by atoms with E-state index >= 15 is 0 Å². The van der Waals surface area contributed by atoms with Crippen molar-refractivity contribution in [3.8, 4) is 0 Å². The van der Waals surface area contributed by atoms with E-state index < -0.39 is 24.0 Å². The Kier molecular flexibility index (Phi) is 5.99. The molecule has 1 rings (SSSR count). The molecule has 18 heavy (non-hydrogen) atoms. The molecule has 0 aromatic heterocycles. The van der Waals surface area contributed by atoms with Crippen LogP contribution in [0.15, 0.2) is 0 Å². The van der Waals surface area contributed by atoms with Crippen LogP contribution in [0.4, 0.5) is 8.78 Å². The monoisotopic (exact) mass is 264 g/mol. The van der Waals surface area contributed by atoms with E-state index in [0.29, 0.717) is 12.3 Å². The van der Waals surface area contributed by atoms with Gasteiger partial charge in [0.1, 0.15) is 12.2 Å². The predicted octanol–water partition coefficient (Wildman–Crippen LogP) is 3.36. The Morgan fingerprint density at radius 1 is 1.11 bits per heavy atom. The number of aliphatic hydroxyl groups is 2. The molecule has 0 bridgehead atoms. The minimum atomic E-state index is -3.40. The molecule has 2 N–H and O–H groups in total. The van der Waals surface area contributed by atoms with Crippen LogP contribution in [0.1, 0.15) is 58.8 Å². The highest BCUT2D eigenvalue weighted by molar-refractivity contribution is 4.86. The summed E-state index contributed by atoms with van der Waals surface area (Å²) in [7, 11) is 0. The maximum Gasteiger partial charge on any atom is 0.298 e. The normalized spacial score (nSPS) is 22.2. The van der Waals surface area contributed by atoms with Crippen LogP contribution in [0.2, 0.25) is 0 Å². The summed E-state index contributed by atoms with van der Waals surface area (Å²) in [6.45, 7) is 3.07. The van der Waals surface area contributed by atoms with Gasteiger partial charge in [-0.3, -0.25) is 0 Å². The third kappa shape index (κ3) is 4.16. The Bertz CT molecular complexity index is 238. The summed E-state index contributed by atoms with van der Waals surface area (Å²) in [6.07, 6.45) is 2.99. The second-order valence-corrected chi connectivity index (χ2v) is 5.96. The molecule has 0 unspecified atom stereocenters. The SMILES string of the molecule is CC(C)[C@@H](O)C(F)(F)[C@H](O)CCC1CCCCC1. The van der Waals surface area contributed by atoms with Crippen molar-refractivity contribution in [2.75, 3.05) is 0 Å². The van der Waals surface area contributed by atoms with Crippen LogP contribution in [0.3, 0.4) is 0 Å². The lowest BCUT2D eigenvalue weighted by atomic mass is 9.84. The average molecular weight is 264 g/mol. The first-order valence-electron chi connectivity index (χ1n) is 7.09. The summed E-state index contributed by atoms with van der Waals surface area (Å²) in [4.78, 5) is 0. The Balaban J connectivity index is 2.40. The molecule has 108 valence electrons. The lowest BCUT2D eigenvalue weighted by molar-refractivity contribution is -0.190. The molecule has 0 saturated heterocycles. The van der Waals surface area contributed by atoms with E-state index in [9.17, 15) is 19.0 Å². The van der Waals surface area contributed by atoms with E-state index in [1.165, 1.54) is 33.1 Å². The van der Waals surface area contributed by atoms with Gasteiger partial charge in [-0.1, -0.05) is 46.0 Å². The van der Waals surface area contributed by atoms with Crippen molar-refractivity contribution in [3.05, 3.63) is 0 Å². The fourth-order valence-corrected chi connectivity index (χ4v) is 2.70. The van der Waals surface area contributed by atoms with Crippen LogP contribution < -0.4 is 0 Å². The maximum atomic E-state index is 13.7. The minimum Gasteiger partial charge on any atom is -0.387 e. The van der Waals surface area contributed by atoms with Gasteiger partial charge in [0.05, 0.1) is 0 Å².